The number of carbonyl (C=O) groups excluding carboxylic acids is 3. The van der Waals surface area contributed by atoms with Crippen LogP contribution < -0.4 is 20.7 Å². The zero-order valence-electron chi connectivity index (χ0n) is 20.8. The van der Waals surface area contributed by atoms with Crippen molar-refractivity contribution in [3.63, 3.8) is 0 Å². The van der Waals surface area contributed by atoms with Gasteiger partial charge in [-0.25, -0.2) is 14.4 Å². The molecular weight excluding hydrogens is 543 g/mol. The second-order valence-corrected chi connectivity index (χ2v) is 8.53. The van der Waals surface area contributed by atoms with Crippen LogP contribution in [0.1, 0.15) is 55.9 Å². The summed E-state index contributed by atoms with van der Waals surface area (Å²) in [5.74, 6) is -5.42. The summed E-state index contributed by atoms with van der Waals surface area (Å²) in [7, 11) is 0. The number of carbonyl (C=O) groups is 3. The van der Waals surface area contributed by atoms with Crippen LogP contribution in [0.4, 0.5) is 4.39 Å². The number of benzene rings is 1. The fourth-order valence-corrected chi connectivity index (χ4v) is 3.95. The van der Waals surface area contributed by atoms with Gasteiger partial charge in [0.2, 0.25) is 23.3 Å². The second-order valence-electron chi connectivity index (χ2n) is 8.53. The van der Waals surface area contributed by atoms with Crippen LogP contribution in [0.5, 0.6) is 11.8 Å². The van der Waals surface area contributed by atoms with Gasteiger partial charge in [0, 0.05) is 18.2 Å². The maximum absolute atomic E-state index is 14.4. The lowest BCUT2D eigenvalue weighted by molar-refractivity contribution is 0.0501. The molecule has 4 aromatic rings. The fraction of sp³-hybridized carbons (Fsp3) is 0.148. The van der Waals surface area contributed by atoms with E-state index in [0.29, 0.717) is 25.6 Å². The number of halogens is 1. The van der Waals surface area contributed by atoms with Crippen LogP contribution in [0, 0.1) is 17.1 Å². The van der Waals surface area contributed by atoms with Crippen molar-refractivity contribution in [1.82, 2.24) is 14.1 Å². The summed E-state index contributed by atoms with van der Waals surface area (Å²) >= 11 is 0. The average Bonchev–Trinajstić information content (AvgIpc) is 3.71. The predicted molar refractivity (Wildman–Crippen MR) is 133 cm³/mol. The van der Waals surface area contributed by atoms with E-state index in [9.17, 15) is 33.6 Å². The Bertz CT molecular complexity index is 1830. The van der Waals surface area contributed by atoms with E-state index in [1.807, 2.05) is 0 Å². The van der Waals surface area contributed by atoms with Gasteiger partial charge < -0.3 is 18.6 Å². The Morgan fingerprint density at radius 1 is 1.05 bits per heavy atom. The molecule has 1 aliphatic heterocycles. The van der Waals surface area contributed by atoms with Crippen molar-refractivity contribution < 1.29 is 37.4 Å². The fourth-order valence-electron chi connectivity index (χ4n) is 3.95. The van der Waals surface area contributed by atoms with Gasteiger partial charge in [-0.1, -0.05) is 6.07 Å². The van der Waals surface area contributed by atoms with E-state index in [4.69, 9.17) is 18.6 Å². The number of esters is 2. The molecule has 0 aliphatic carbocycles. The molecule has 0 saturated carbocycles. The maximum atomic E-state index is 14.4. The summed E-state index contributed by atoms with van der Waals surface area (Å²) in [5, 5.41) is 9.39. The van der Waals surface area contributed by atoms with Crippen molar-refractivity contribution in [3.8, 4) is 17.8 Å². The normalized spacial score (nSPS) is 14.3. The molecule has 13 nitrogen and oxygen atoms in total. The molecule has 1 aliphatic rings. The first-order valence-corrected chi connectivity index (χ1v) is 12.0. The largest absolute Gasteiger partial charge is 0.457 e. The SMILES string of the molecule is N#Cc1ccc(OC(=O)c2ccco2)nc1OC(=O)c1cccc(C(=O)n2c(=O)c(F)cn(C3CCCO3)c2=O)c1. The van der Waals surface area contributed by atoms with E-state index in [0.717, 1.165) is 10.6 Å². The standard InChI is InChI=1S/C27H17FN4O9/c28-18-14-31(21-7-3-11-39-21)27(37)32(24(18)34)23(33)15-4-1-5-16(12-15)25(35)41-22-17(13-29)8-9-20(30-22)40-26(36)19-6-2-10-38-19/h1-2,4-6,8-10,12,14,21H,3,7,11H2. The Kier molecular flexibility index (Phi) is 7.35. The van der Waals surface area contributed by atoms with Crippen molar-refractivity contribution in [2.24, 2.45) is 0 Å². The third-order valence-corrected chi connectivity index (χ3v) is 5.90. The molecule has 41 heavy (non-hydrogen) atoms. The van der Waals surface area contributed by atoms with E-state index in [2.05, 4.69) is 4.98 Å². The van der Waals surface area contributed by atoms with Gasteiger partial charge in [0.05, 0.1) is 18.0 Å². The first kappa shape index (κ1) is 26.9. The Hall–Kier alpha value is -5.68. The lowest BCUT2D eigenvalue weighted by Gasteiger charge is -2.15. The molecule has 0 N–H and O–H groups in total. The molecule has 0 radical (unpaired) electrons. The quantitative estimate of drug-likeness (QED) is 0.317. The number of aromatic nitrogens is 3. The summed E-state index contributed by atoms with van der Waals surface area (Å²) in [6.07, 6.45) is 2.11. The number of hydrogen-bond donors (Lipinski definition) is 0. The van der Waals surface area contributed by atoms with Crippen LogP contribution in [-0.2, 0) is 4.74 Å². The molecule has 1 atom stereocenters. The average molecular weight is 560 g/mol. The molecule has 0 spiro atoms. The highest BCUT2D eigenvalue weighted by atomic mass is 19.1. The lowest BCUT2D eigenvalue weighted by atomic mass is 10.1. The molecule has 1 unspecified atom stereocenters. The van der Waals surface area contributed by atoms with Crippen LogP contribution in [0.3, 0.4) is 0 Å². The van der Waals surface area contributed by atoms with Gasteiger partial charge in [-0.3, -0.25) is 14.2 Å². The number of nitrogens with zero attached hydrogens (tertiary/aromatic N) is 4. The summed E-state index contributed by atoms with van der Waals surface area (Å²) in [6, 6.07) is 11.8. The van der Waals surface area contributed by atoms with Gasteiger partial charge in [-0.2, -0.15) is 19.2 Å². The molecular formula is C27H17FN4O9. The minimum absolute atomic E-state index is 0.115. The number of hydrogen-bond acceptors (Lipinski definition) is 11. The first-order valence-electron chi connectivity index (χ1n) is 12.0. The Balaban J connectivity index is 1.41. The Labute approximate surface area is 228 Å². The molecule has 0 amide bonds. The summed E-state index contributed by atoms with van der Waals surface area (Å²) < 4.78 is 36.0. The van der Waals surface area contributed by atoms with E-state index >= 15 is 0 Å². The molecule has 206 valence electrons. The van der Waals surface area contributed by atoms with Crippen molar-refractivity contribution in [1.29, 1.82) is 5.26 Å². The van der Waals surface area contributed by atoms with Crippen molar-refractivity contribution in [2.75, 3.05) is 6.61 Å². The summed E-state index contributed by atoms with van der Waals surface area (Å²) in [6.45, 7) is 0.327. The molecule has 4 heterocycles. The van der Waals surface area contributed by atoms with E-state index in [1.54, 1.807) is 6.07 Å². The van der Waals surface area contributed by atoms with Gasteiger partial charge in [0.1, 0.15) is 17.9 Å². The summed E-state index contributed by atoms with van der Waals surface area (Å²) in [4.78, 5) is 67.5. The van der Waals surface area contributed by atoms with Crippen LogP contribution in [0.2, 0.25) is 0 Å². The molecule has 1 fully saturated rings. The monoisotopic (exact) mass is 560 g/mol. The van der Waals surface area contributed by atoms with Gasteiger partial charge >= 0.3 is 17.6 Å². The van der Waals surface area contributed by atoms with Crippen LogP contribution >= 0.6 is 0 Å². The molecule has 0 bridgehead atoms. The smallest absolute Gasteiger partial charge is 0.380 e. The number of pyridine rings is 1. The van der Waals surface area contributed by atoms with Gasteiger partial charge in [0.15, 0.2) is 0 Å². The Morgan fingerprint density at radius 3 is 2.56 bits per heavy atom. The molecule has 1 saturated heterocycles. The zero-order chi connectivity index (χ0) is 29.1. The third-order valence-electron chi connectivity index (χ3n) is 5.90. The minimum atomic E-state index is -1.47. The summed E-state index contributed by atoms with van der Waals surface area (Å²) in [5.41, 5.74) is -3.29. The van der Waals surface area contributed by atoms with Crippen molar-refractivity contribution in [3.05, 3.63) is 110 Å². The van der Waals surface area contributed by atoms with Gasteiger partial charge in [-0.05, 0) is 49.2 Å². The van der Waals surface area contributed by atoms with Crippen molar-refractivity contribution in [2.45, 2.75) is 19.1 Å². The van der Waals surface area contributed by atoms with Crippen molar-refractivity contribution >= 4 is 17.8 Å². The number of ether oxygens (including phenoxy) is 3. The second kappa shape index (κ2) is 11.2. The first-order chi connectivity index (χ1) is 19.8. The highest BCUT2D eigenvalue weighted by molar-refractivity contribution is 5.99. The van der Waals surface area contributed by atoms with E-state index in [1.165, 1.54) is 48.7 Å². The number of nitriles is 1. The highest BCUT2D eigenvalue weighted by Crippen LogP contribution is 2.23. The maximum Gasteiger partial charge on any atom is 0.380 e. The van der Waals surface area contributed by atoms with E-state index < -0.39 is 47.0 Å². The van der Waals surface area contributed by atoms with Crippen LogP contribution in [0.15, 0.2) is 75.0 Å². The number of rotatable bonds is 6. The third kappa shape index (κ3) is 5.42. The zero-order valence-corrected chi connectivity index (χ0v) is 20.8. The van der Waals surface area contributed by atoms with Crippen LogP contribution in [-0.4, -0.2) is 38.6 Å². The molecule has 5 rings (SSSR count). The molecule has 1 aromatic carbocycles. The molecule has 14 heteroatoms. The topological polar surface area (TPSA) is 173 Å². The van der Waals surface area contributed by atoms with Gasteiger partial charge in [0.25, 0.3) is 11.5 Å². The minimum Gasteiger partial charge on any atom is -0.457 e. The predicted octanol–water partition coefficient (Wildman–Crippen LogP) is 2.44. The van der Waals surface area contributed by atoms with E-state index in [-0.39, 0.29) is 32.9 Å². The van der Waals surface area contributed by atoms with Crippen LogP contribution in [0.25, 0.3) is 0 Å². The number of furan rings is 1. The molecule has 3 aromatic heterocycles. The van der Waals surface area contributed by atoms with Gasteiger partial charge in [-0.15, -0.1) is 0 Å². The lowest BCUT2D eigenvalue weighted by Crippen LogP contribution is -2.46. The highest BCUT2D eigenvalue weighted by Gasteiger charge is 2.26. The Morgan fingerprint density at radius 2 is 1.85 bits per heavy atom.